The predicted molar refractivity (Wildman–Crippen MR) is 92.4 cm³/mol. The second-order valence-corrected chi connectivity index (χ2v) is 6.85. The summed E-state index contributed by atoms with van der Waals surface area (Å²) in [6, 6.07) is 16.5. The molecule has 2 nitrogen and oxygen atoms in total. The summed E-state index contributed by atoms with van der Waals surface area (Å²) in [5.74, 6) is 1.01. The topological polar surface area (TPSA) is 29.1 Å². The number of amides is 1. The highest BCUT2D eigenvalue weighted by molar-refractivity contribution is 7.99. The SMILES string of the molecule is CCSc1ccccc1C(=O)N[C@H]1CCCc2ccccc21. The van der Waals surface area contributed by atoms with Crippen molar-refractivity contribution < 1.29 is 4.79 Å². The van der Waals surface area contributed by atoms with Gasteiger partial charge in [0.2, 0.25) is 0 Å². The van der Waals surface area contributed by atoms with E-state index in [0.29, 0.717) is 0 Å². The van der Waals surface area contributed by atoms with Gasteiger partial charge in [-0.25, -0.2) is 0 Å². The van der Waals surface area contributed by atoms with Crippen LogP contribution in [0.1, 0.15) is 47.3 Å². The minimum absolute atomic E-state index is 0.0400. The summed E-state index contributed by atoms with van der Waals surface area (Å²) in [7, 11) is 0. The molecule has 2 aromatic rings. The Bertz CT molecular complexity index is 668. The lowest BCUT2D eigenvalue weighted by atomic mass is 9.87. The summed E-state index contributed by atoms with van der Waals surface area (Å²) in [4.78, 5) is 13.8. The van der Waals surface area contributed by atoms with Crippen molar-refractivity contribution in [1.82, 2.24) is 5.32 Å². The molecule has 0 fully saturated rings. The number of rotatable bonds is 4. The zero-order valence-electron chi connectivity index (χ0n) is 12.8. The van der Waals surface area contributed by atoms with E-state index in [4.69, 9.17) is 0 Å². The first kappa shape index (κ1) is 15.2. The molecule has 0 radical (unpaired) electrons. The van der Waals surface area contributed by atoms with Gasteiger partial charge < -0.3 is 5.32 Å². The van der Waals surface area contributed by atoms with E-state index in [9.17, 15) is 4.79 Å². The maximum absolute atomic E-state index is 12.7. The van der Waals surface area contributed by atoms with Crippen molar-refractivity contribution >= 4 is 17.7 Å². The van der Waals surface area contributed by atoms with Crippen molar-refractivity contribution in [2.45, 2.75) is 37.1 Å². The minimum Gasteiger partial charge on any atom is -0.345 e. The Morgan fingerprint density at radius 2 is 1.95 bits per heavy atom. The van der Waals surface area contributed by atoms with E-state index < -0.39 is 0 Å². The molecule has 114 valence electrons. The predicted octanol–water partition coefficient (Wildman–Crippen LogP) is 4.61. The van der Waals surface area contributed by atoms with Gasteiger partial charge in [0.05, 0.1) is 11.6 Å². The van der Waals surface area contributed by atoms with Crippen molar-refractivity contribution in [3.63, 3.8) is 0 Å². The van der Waals surface area contributed by atoms with E-state index >= 15 is 0 Å². The molecule has 2 aromatic carbocycles. The number of aryl methyl sites for hydroxylation is 1. The highest BCUT2D eigenvalue weighted by Crippen LogP contribution is 2.30. The van der Waals surface area contributed by atoms with Gasteiger partial charge in [0, 0.05) is 4.90 Å². The standard InChI is InChI=1S/C19H21NOS/c1-2-22-18-13-6-5-11-16(18)19(21)20-17-12-7-9-14-8-3-4-10-15(14)17/h3-6,8,10-11,13,17H,2,7,9,12H2,1H3,(H,20,21)/t17-/m0/s1. The molecule has 22 heavy (non-hydrogen) atoms. The van der Waals surface area contributed by atoms with Crippen LogP contribution >= 0.6 is 11.8 Å². The Hall–Kier alpha value is -1.74. The van der Waals surface area contributed by atoms with Gasteiger partial charge in [0.15, 0.2) is 0 Å². The average molecular weight is 311 g/mol. The van der Waals surface area contributed by atoms with Crippen LogP contribution in [0.5, 0.6) is 0 Å². The lowest BCUT2D eigenvalue weighted by molar-refractivity contribution is 0.0930. The van der Waals surface area contributed by atoms with Crippen LogP contribution in [0, 0.1) is 0 Å². The van der Waals surface area contributed by atoms with E-state index in [1.807, 2.05) is 24.3 Å². The number of nitrogens with one attached hydrogen (secondary N) is 1. The smallest absolute Gasteiger partial charge is 0.252 e. The number of fused-ring (bicyclic) bond motifs is 1. The van der Waals surface area contributed by atoms with Gasteiger partial charge in [0.25, 0.3) is 5.91 Å². The van der Waals surface area contributed by atoms with E-state index in [1.54, 1.807) is 11.8 Å². The Balaban J connectivity index is 1.81. The van der Waals surface area contributed by atoms with Gasteiger partial charge in [-0.15, -0.1) is 11.8 Å². The summed E-state index contributed by atoms with van der Waals surface area (Å²) < 4.78 is 0. The molecule has 0 aromatic heterocycles. The number of carbonyl (C=O) groups excluding carboxylic acids is 1. The molecular weight excluding hydrogens is 290 g/mol. The largest absolute Gasteiger partial charge is 0.345 e. The van der Waals surface area contributed by atoms with E-state index in [-0.39, 0.29) is 11.9 Å². The molecule has 1 aliphatic carbocycles. The molecule has 0 unspecified atom stereocenters. The molecule has 0 spiro atoms. The summed E-state index contributed by atoms with van der Waals surface area (Å²) in [5, 5.41) is 3.24. The van der Waals surface area contributed by atoms with E-state index in [0.717, 1.165) is 35.5 Å². The fraction of sp³-hybridized carbons (Fsp3) is 0.316. The molecule has 1 aliphatic rings. The highest BCUT2D eigenvalue weighted by atomic mass is 32.2. The maximum atomic E-state index is 12.7. The Kier molecular flexibility index (Phi) is 4.84. The van der Waals surface area contributed by atoms with Crippen molar-refractivity contribution in [2.24, 2.45) is 0 Å². The van der Waals surface area contributed by atoms with Crippen LogP contribution in [-0.2, 0) is 6.42 Å². The quantitative estimate of drug-likeness (QED) is 0.836. The van der Waals surface area contributed by atoms with Gasteiger partial charge in [-0.05, 0) is 48.3 Å². The Labute approximate surface area is 136 Å². The summed E-state index contributed by atoms with van der Waals surface area (Å²) >= 11 is 1.72. The lowest BCUT2D eigenvalue weighted by Crippen LogP contribution is -2.31. The van der Waals surface area contributed by atoms with Crippen LogP contribution in [0.2, 0.25) is 0 Å². The van der Waals surface area contributed by atoms with Crippen LogP contribution in [0.15, 0.2) is 53.4 Å². The van der Waals surface area contributed by atoms with Gasteiger partial charge in [-0.3, -0.25) is 4.79 Å². The third-order valence-corrected chi connectivity index (χ3v) is 5.06. The normalized spacial score (nSPS) is 16.9. The van der Waals surface area contributed by atoms with Crippen LogP contribution < -0.4 is 5.32 Å². The molecule has 0 saturated heterocycles. The molecule has 3 heteroatoms. The monoisotopic (exact) mass is 311 g/mol. The summed E-state index contributed by atoms with van der Waals surface area (Å²) in [6.45, 7) is 2.11. The second-order valence-electron chi connectivity index (χ2n) is 5.55. The Morgan fingerprint density at radius 3 is 2.82 bits per heavy atom. The first-order valence-corrected chi connectivity index (χ1v) is 8.88. The average Bonchev–Trinajstić information content (AvgIpc) is 2.56. The van der Waals surface area contributed by atoms with E-state index in [1.165, 1.54) is 11.1 Å². The van der Waals surface area contributed by atoms with Crippen molar-refractivity contribution in [1.29, 1.82) is 0 Å². The minimum atomic E-state index is 0.0400. The maximum Gasteiger partial charge on any atom is 0.252 e. The van der Waals surface area contributed by atoms with Gasteiger partial charge in [-0.2, -0.15) is 0 Å². The number of hydrogen-bond acceptors (Lipinski definition) is 2. The van der Waals surface area contributed by atoms with Crippen LogP contribution in [0.3, 0.4) is 0 Å². The Morgan fingerprint density at radius 1 is 1.18 bits per heavy atom. The van der Waals surface area contributed by atoms with Crippen LogP contribution in [0.25, 0.3) is 0 Å². The molecular formula is C19H21NOS. The molecule has 0 aliphatic heterocycles. The van der Waals surface area contributed by atoms with Crippen molar-refractivity contribution in [3.8, 4) is 0 Å². The summed E-state index contributed by atoms with van der Waals surface area (Å²) in [6.07, 6.45) is 3.27. The molecule has 3 rings (SSSR count). The third-order valence-electron chi connectivity index (χ3n) is 4.11. The van der Waals surface area contributed by atoms with E-state index in [2.05, 4.69) is 36.5 Å². The third kappa shape index (κ3) is 3.20. The van der Waals surface area contributed by atoms with Gasteiger partial charge in [0.1, 0.15) is 0 Å². The van der Waals surface area contributed by atoms with Crippen LogP contribution in [0.4, 0.5) is 0 Å². The number of benzene rings is 2. The highest BCUT2D eigenvalue weighted by Gasteiger charge is 2.22. The first-order valence-electron chi connectivity index (χ1n) is 7.90. The molecule has 0 heterocycles. The molecule has 0 bridgehead atoms. The zero-order valence-corrected chi connectivity index (χ0v) is 13.7. The lowest BCUT2D eigenvalue weighted by Gasteiger charge is -2.26. The summed E-state index contributed by atoms with van der Waals surface area (Å²) in [5.41, 5.74) is 3.44. The zero-order chi connectivity index (χ0) is 15.4. The van der Waals surface area contributed by atoms with Gasteiger partial charge >= 0.3 is 0 Å². The van der Waals surface area contributed by atoms with Gasteiger partial charge in [-0.1, -0.05) is 43.3 Å². The first-order chi connectivity index (χ1) is 10.8. The van der Waals surface area contributed by atoms with Crippen molar-refractivity contribution in [3.05, 3.63) is 65.2 Å². The molecule has 1 amide bonds. The second kappa shape index (κ2) is 7.01. The molecule has 0 saturated carbocycles. The number of carbonyl (C=O) groups is 1. The number of thioether (sulfide) groups is 1. The fourth-order valence-corrected chi connectivity index (χ4v) is 3.88. The number of hydrogen-bond donors (Lipinski definition) is 1. The molecule has 1 atom stereocenters. The molecule has 1 N–H and O–H groups in total. The fourth-order valence-electron chi connectivity index (χ4n) is 3.08. The van der Waals surface area contributed by atoms with Crippen LogP contribution in [-0.4, -0.2) is 11.7 Å². The van der Waals surface area contributed by atoms with Crippen molar-refractivity contribution in [2.75, 3.05) is 5.75 Å².